The second kappa shape index (κ2) is 3.29. The number of nitrogens with two attached hydrogens (primary N) is 1. The zero-order chi connectivity index (χ0) is 11.0. The number of anilines is 1. The number of hydrogen-bond donors (Lipinski definition) is 1. The van der Waals surface area contributed by atoms with Crippen LogP contribution in [0.5, 0.6) is 0 Å². The summed E-state index contributed by atoms with van der Waals surface area (Å²) in [6, 6.07) is 6.65. The monoisotopic (exact) mass is 199 g/mol. The van der Waals surface area contributed by atoms with E-state index < -0.39 is 0 Å². The first-order chi connectivity index (χ1) is 7.13. The lowest BCUT2D eigenvalue weighted by Crippen LogP contribution is -1.92. The Bertz CT molecular complexity index is 579. The van der Waals surface area contributed by atoms with Crippen LogP contribution < -0.4 is 5.73 Å². The molecule has 0 heterocycles. The summed E-state index contributed by atoms with van der Waals surface area (Å²) in [4.78, 5) is 0. The highest BCUT2D eigenvalue weighted by molar-refractivity contribution is 5.93. The Hall–Kier alpha value is -2.01. The van der Waals surface area contributed by atoms with Crippen LogP contribution in [0.25, 0.3) is 10.8 Å². The van der Waals surface area contributed by atoms with Gasteiger partial charge in [0.15, 0.2) is 0 Å². The Morgan fingerprint density at radius 3 is 2.73 bits per heavy atom. The predicted octanol–water partition coefficient (Wildman–Crippen LogP) is 2.85. The smallest absolute Gasteiger partial charge is 0.139 e. The number of terminal acetylenes is 1. The molecule has 0 aromatic heterocycles. The molecule has 0 bridgehead atoms. The standard InChI is InChI=1S/C13H10FN/c1-3-11-12(14)5-4-9-7-10(15)6-8(2)13(9)11/h1,4-7H,15H2,2H3. The highest BCUT2D eigenvalue weighted by Gasteiger charge is 2.08. The SMILES string of the molecule is C#Cc1c(F)ccc2cc(N)cc(C)c12. The molecule has 0 radical (unpaired) electrons. The van der Waals surface area contributed by atoms with Gasteiger partial charge in [0.25, 0.3) is 0 Å². The molecule has 2 rings (SSSR count). The Labute approximate surface area is 87.7 Å². The van der Waals surface area contributed by atoms with Gasteiger partial charge in [-0.15, -0.1) is 6.42 Å². The molecule has 0 saturated heterocycles. The molecular formula is C13H10FN. The van der Waals surface area contributed by atoms with Crippen LogP contribution >= 0.6 is 0 Å². The summed E-state index contributed by atoms with van der Waals surface area (Å²) < 4.78 is 13.4. The van der Waals surface area contributed by atoms with Gasteiger partial charge >= 0.3 is 0 Å². The second-order valence-electron chi connectivity index (χ2n) is 3.50. The van der Waals surface area contributed by atoms with Crippen LogP contribution in [0.15, 0.2) is 24.3 Å². The molecule has 2 aromatic rings. The van der Waals surface area contributed by atoms with Crippen LogP contribution in [0, 0.1) is 25.1 Å². The molecule has 0 spiro atoms. The van der Waals surface area contributed by atoms with Crippen molar-refractivity contribution in [3.8, 4) is 12.3 Å². The summed E-state index contributed by atoms with van der Waals surface area (Å²) >= 11 is 0. The lowest BCUT2D eigenvalue weighted by molar-refractivity contribution is 0.626. The predicted molar refractivity (Wildman–Crippen MR) is 61.0 cm³/mol. The Balaban J connectivity index is 3.00. The van der Waals surface area contributed by atoms with Gasteiger partial charge in [-0.05, 0) is 36.1 Å². The summed E-state index contributed by atoms with van der Waals surface area (Å²) in [5.74, 6) is 2.02. The van der Waals surface area contributed by atoms with E-state index in [1.54, 1.807) is 18.2 Å². The van der Waals surface area contributed by atoms with Crippen LogP contribution in [0.3, 0.4) is 0 Å². The normalized spacial score (nSPS) is 10.2. The third-order valence-electron chi connectivity index (χ3n) is 2.43. The van der Waals surface area contributed by atoms with E-state index in [4.69, 9.17) is 12.2 Å². The summed E-state index contributed by atoms with van der Waals surface area (Å²) in [7, 11) is 0. The van der Waals surface area contributed by atoms with Gasteiger partial charge in [0.2, 0.25) is 0 Å². The highest BCUT2D eigenvalue weighted by atomic mass is 19.1. The maximum atomic E-state index is 13.4. The van der Waals surface area contributed by atoms with Crippen molar-refractivity contribution in [1.29, 1.82) is 0 Å². The van der Waals surface area contributed by atoms with Gasteiger partial charge in [0, 0.05) is 11.1 Å². The first-order valence-electron chi connectivity index (χ1n) is 4.58. The van der Waals surface area contributed by atoms with Gasteiger partial charge in [0.1, 0.15) is 5.82 Å². The van der Waals surface area contributed by atoms with Gasteiger partial charge in [-0.2, -0.15) is 0 Å². The molecule has 15 heavy (non-hydrogen) atoms. The Kier molecular flexibility index (Phi) is 2.09. The fraction of sp³-hybridized carbons (Fsp3) is 0.0769. The molecule has 2 aromatic carbocycles. The van der Waals surface area contributed by atoms with Crippen molar-refractivity contribution < 1.29 is 4.39 Å². The summed E-state index contributed by atoms with van der Waals surface area (Å²) in [5.41, 5.74) is 7.58. The van der Waals surface area contributed by atoms with E-state index in [1.165, 1.54) is 6.07 Å². The van der Waals surface area contributed by atoms with Crippen molar-refractivity contribution in [2.24, 2.45) is 0 Å². The molecule has 0 fully saturated rings. The quantitative estimate of drug-likeness (QED) is 0.512. The average molecular weight is 199 g/mol. The summed E-state index contributed by atoms with van der Waals surface area (Å²) in [6.45, 7) is 1.87. The van der Waals surface area contributed by atoms with Gasteiger partial charge in [-0.25, -0.2) is 4.39 Å². The Morgan fingerprint density at radius 1 is 1.33 bits per heavy atom. The van der Waals surface area contributed by atoms with E-state index in [0.29, 0.717) is 11.3 Å². The largest absolute Gasteiger partial charge is 0.399 e. The molecule has 1 nitrogen and oxygen atoms in total. The number of halogens is 1. The fourth-order valence-electron chi connectivity index (χ4n) is 1.82. The maximum Gasteiger partial charge on any atom is 0.139 e. The van der Waals surface area contributed by atoms with Crippen molar-refractivity contribution in [1.82, 2.24) is 0 Å². The second-order valence-corrected chi connectivity index (χ2v) is 3.50. The van der Waals surface area contributed by atoms with E-state index in [1.807, 2.05) is 6.92 Å². The van der Waals surface area contributed by atoms with Crippen molar-refractivity contribution in [2.45, 2.75) is 6.92 Å². The van der Waals surface area contributed by atoms with Gasteiger partial charge in [-0.3, -0.25) is 0 Å². The number of fused-ring (bicyclic) bond motifs is 1. The fourth-order valence-corrected chi connectivity index (χ4v) is 1.82. The van der Waals surface area contributed by atoms with E-state index in [0.717, 1.165) is 16.3 Å². The third-order valence-corrected chi connectivity index (χ3v) is 2.43. The van der Waals surface area contributed by atoms with Crippen molar-refractivity contribution >= 4 is 16.5 Å². The molecular weight excluding hydrogens is 189 g/mol. The van der Waals surface area contributed by atoms with E-state index >= 15 is 0 Å². The molecule has 0 unspecified atom stereocenters. The molecule has 2 N–H and O–H groups in total. The van der Waals surface area contributed by atoms with E-state index in [-0.39, 0.29) is 5.82 Å². The van der Waals surface area contributed by atoms with Gasteiger partial charge in [0.05, 0.1) is 5.56 Å². The number of aryl methyl sites for hydroxylation is 1. The molecule has 0 atom stereocenters. The minimum atomic E-state index is -0.363. The molecule has 0 amide bonds. The lowest BCUT2D eigenvalue weighted by atomic mass is 9.99. The third kappa shape index (κ3) is 1.42. The minimum absolute atomic E-state index is 0.310. The van der Waals surface area contributed by atoms with Crippen molar-refractivity contribution in [3.05, 3.63) is 41.2 Å². The number of nitrogen functional groups attached to an aromatic ring is 1. The molecule has 0 aliphatic carbocycles. The maximum absolute atomic E-state index is 13.4. The topological polar surface area (TPSA) is 26.0 Å². The van der Waals surface area contributed by atoms with Crippen LogP contribution in [0.2, 0.25) is 0 Å². The Morgan fingerprint density at radius 2 is 2.07 bits per heavy atom. The minimum Gasteiger partial charge on any atom is -0.399 e. The highest BCUT2D eigenvalue weighted by Crippen LogP contribution is 2.26. The lowest BCUT2D eigenvalue weighted by Gasteiger charge is -2.07. The number of benzene rings is 2. The van der Waals surface area contributed by atoms with Crippen molar-refractivity contribution in [3.63, 3.8) is 0 Å². The van der Waals surface area contributed by atoms with Crippen molar-refractivity contribution in [2.75, 3.05) is 5.73 Å². The molecule has 2 heteroatoms. The average Bonchev–Trinajstić information content (AvgIpc) is 2.18. The van der Waals surface area contributed by atoms with Crippen LogP contribution in [0.4, 0.5) is 10.1 Å². The zero-order valence-corrected chi connectivity index (χ0v) is 8.34. The molecule has 0 saturated carbocycles. The summed E-state index contributed by atoms with van der Waals surface area (Å²) in [6.07, 6.45) is 5.30. The van der Waals surface area contributed by atoms with Gasteiger partial charge < -0.3 is 5.73 Å². The van der Waals surface area contributed by atoms with E-state index in [2.05, 4.69) is 5.92 Å². The van der Waals surface area contributed by atoms with Crippen LogP contribution in [-0.2, 0) is 0 Å². The van der Waals surface area contributed by atoms with Gasteiger partial charge in [-0.1, -0.05) is 12.0 Å². The molecule has 0 aliphatic heterocycles. The first-order valence-corrected chi connectivity index (χ1v) is 4.58. The zero-order valence-electron chi connectivity index (χ0n) is 8.34. The first kappa shape index (κ1) is 9.54. The summed E-state index contributed by atoms with van der Waals surface area (Å²) in [5, 5.41) is 1.65. The number of hydrogen-bond acceptors (Lipinski definition) is 1. The number of rotatable bonds is 0. The van der Waals surface area contributed by atoms with Crippen LogP contribution in [-0.4, -0.2) is 0 Å². The molecule has 0 aliphatic rings. The van der Waals surface area contributed by atoms with E-state index in [9.17, 15) is 4.39 Å². The van der Waals surface area contributed by atoms with Crippen LogP contribution in [0.1, 0.15) is 11.1 Å². The molecule has 74 valence electrons.